The standard InChI is InChI=1S/C14H14O2.C2H6.U/c1-4-10-7-12-8(2)5-6-11(14(15)16)13(12)9(10)3;1-2;/h5-6H,1,3-4,7H2,2H3,(H,15,16);1-2H3;/q-2;;+2. The molecule has 1 aromatic carbocycles. The number of hydrogen-bond donors (Lipinski definition) is 1. The Balaban J connectivity index is 0.00000103. The van der Waals surface area contributed by atoms with E-state index in [1.54, 1.807) is 6.07 Å². The summed E-state index contributed by atoms with van der Waals surface area (Å²) in [5, 5.41) is 9.15. The Hall–Kier alpha value is -0.648. The summed E-state index contributed by atoms with van der Waals surface area (Å²) in [6, 6.07) is 3.52. The van der Waals surface area contributed by atoms with Crippen molar-refractivity contribution in [1.82, 2.24) is 0 Å². The zero-order valence-electron chi connectivity index (χ0n) is 11.8. The van der Waals surface area contributed by atoms with E-state index in [-0.39, 0.29) is 31.1 Å². The SMILES string of the molecule is CC.[CH2-]CC1=C([CH2-])c2c(C(=O)O)ccc(C)c2C1.[U+2]. The number of rotatable bonds is 2. The minimum atomic E-state index is -0.886. The van der Waals surface area contributed by atoms with Crippen molar-refractivity contribution in [3.05, 3.63) is 53.8 Å². The number of aryl methyl sites for hydroxylation is 1. The molecule has 19 heavy (non-hydrogen) atoms. The molecule has 1 aromatic rings. The molecule has 1 aliphatic rings. The number of carbonyl (C=O) groups is 1. The van der Waals surface area contributed by atoms with Crippen LogP contribution >= 0.6 is 0 Å². The van der Waals surface area contributed by atoms with Gasteiger partial charge in [0.15, 0.2) is 0 Å². The Bertz CT molecular complexity index is 502. The summed E-state index contributed by atoms with van der Waals surface area (Å²) in [7, 11) is 0. The van der Waals surface area contributed by atoms with Gasteiger partial charge in [-0.15, -0.1) is 5.56 Å². The van der Waals surface area contributed by atoms with Crippen molar-refractivity contribution in [2.45, 2.75) is 33.6 Å². The van der Waals surface area contributed by atoms with Gasteiger partial charge in [0.2, 0.25) is 0 Å². The molecule has 0 unspecified atom stereocenters. The summed E-state index contributed by atoms with van der Waals surface area (Å²) < 4.78 is 0. The summed E-state index contributed by atoms with van der Waals surface area (Å²) in [6.45, 7) is 13.9. The molecule has 0 aliphatic heterocycles. The van der Waals surface area contributed by atoms with Crippen LogP contribution in [0.3, 0.4) is 0 Å². The third-order valence-corrected chi connectivity index (χ3v) is 3.20. The van der Waals surface area contributed by atoms with Gasteiger partial charge in [0.1, 0.15) is 0 Å². The minimum absolute atomic E-state index is 0. The van der Waals surface area contributed by atoms with Crippen LogP contribution in [0.25, 0.3) is 5.57 Å². The fourth-order valence-electron chi connectivity index (χ4n) is 2.24. The van der Waals surface area contributed by atoms with Gasteiger partial charge in [-0.3, -0.25) is 0 Å². The van der Waals surface area contributed by atoms with E-state index in [1.807, 2.05) is 26.8 Å². The molecule has 1 aliphatic carbocycles. The largest absolute Gasteiger partial charge is 2.00 e. The van der Waals surface area contributed by atoms with Gasteiger partial charge in [0.05, 0.1) is 0 Å². The molecule has 0 saturated carbocycles. The fourth-order valence-corrected chi connectivity index (χ4v) is 2.24. The van der Waals surface area contributed by atoms with Crippen molar-refractivity contribution in [1.29, 1.82) is 0 Å². The Morgan fingerprint density at radius 3 is 2.42 bits per heavy atom. The molecule has 0 saturated heterocycles. The minimum Gasteiger partial charge on any atom is -0.478 e. The molecule has 0 heterocycles. The van der Waals surface area contributed by atoms with Crippen molar-refractivity contribution >= 4 is 11.5 Å². The molecule has 0 bridgehead atoms. The Kier molecular flexibility index (Phi) is 7.56. The molecule has 0 radical (unpaired) electrons. The monoisotopic (exact) mass is 482 g/mol. The topological polar surface area (TPSA) is 37.3 Å². The maximum atomic E-state index is 11.1. The average Bonchev–Trinajstić information content (AvgIpc) is 2.71. The molecule has 1 N–H and O–H groups in total. The second kappa shape index (κ2) is 7.82. The zero-order chi connectivity index (χ0) is 13.9. The predicted octanol–water partition coefficient (Wildman–Crippen LogP) is 4.09. The molecule has 2 rings (SSSR count). The molecular formula is C16H20O2U. The van der Waals surface area contributed by atoms with Crippen molar-refractivity contribution in [3.63, 3.8) is 0 Å². The van der Waals surface area contributed by atoms with Crippen LogP contribution in [0.1, 0.15) is 47.3 Å². The van der Waals surface area contributed by atoms with Crippen molar-refractivity contribution in [2.75, 3.05) is 0 Å². The van der Waals surface area contributed by atoms with E-state index in [9.17, 15) is 4.79 Å². The zero-order valence-corrected chi connectivity index (χ0v) is 16.0. The molecule has 0 atom stereocenters. The first-order valence-electron chi connectivity index (χ1n) is 6.25. The van der Waals surface area contributed by atoms with Crippen LogP contribution in [-0.2, 0) is 6.42 Å². The second-order valence-electron chi connectivity index (χ2n) is 4.10. The molecule has 0 aromatic heterocycles. The quantitative estimate of drug-likeness (QED) is 0.646. The van der Waals surface area contributed by atoms with E-state index in [0.717, 1.165) is 34.3 Å². The van der Waals surface area contributed by atoms with E-state index < -0.39 is 5.97 Å². The van der Waals surface area contributed by atoms with E-state index in [2.05, 4.69) is 13.8 Å². The maximum Gasteiger partial charge on any atom is 2.00 e. The van der Waals surface area contributed by atoms with Gasteiger partial charge >= 0.3 is 37.1 Å². The van der Waals surface area contributed by atoms with Gasteiger partial charge in [-0.05, 0) is 6.92 Å². The molecular weight excluding hydrogens is 462 g/mol. The Labute approximate surface area is 139 Å². The van der Waals surface area contributed by atoms with Gasteiger partial charge in [-0.2, -0.15) is 18.1 Å². The molecule has 100 valence electrons. The molecule has 2 nitrogen and oxygen atoms in total. The molecule has 0 amide bonds. The number of aromatic carboxylic acids is 1. The van der Waals surface area contributed by atoms with Crippen LogP contribution in [0.4, 0.5) is 0 Å². The van der Waals surface area contributed by atoms with Crippen molar-refractivity contribution < 1.29 is 41.0 Å². The fraction of sp³-hybridized carbons (Fsp3) is 0.312. The van der Waals surface area contributed by atoms with Crippen molar-refractivity contribution in [2.24, 2.45) is 0 Å². The Morgan fingerprint density at radius 1 is 1.37 bits per heavy atom. The van der Waals surface area contributed by atoms with Gasteiger partial charge in [0.25, 0.3) is 0 Å². The van der Waals surface area contributed by atoms with E-state index >= 15 is 0 Å². The summed E-state index contributed by atoms with van der Waals surface area (Å²) in [6.07, 6.45) is 1.48. The van der Waals surface area contributed by atoms with Crippen LogP contribution in [0.5, 0.6) is 0 Å². The summed E-state index contributed by atoms with van der Waals surface area (Å²) in [5.41, 5.74) is 5.39. The van der Waals surface area contributed by atoms with Crippen LogP contribution in [0.15, 0.2) is 17.7 Å². The van der Waals surface area contributed by atoms with Crippen LogP contribution < -0.4 is 0 Å². The van der Waals surface area contributed by atoms with Crippen LogP contribution in [0, 0.1) is 51.9 Å². The Morgan fingerprint density at radius 2 is 1.95 bits per heavy atom. The summed E-state index contributed by atoms with van der Waals surface area (Å²) in [5.74, 6) is -0.886. The van der Waals surface area contributed by atoms with Gasteiger partial charge in [0, 0.05) is 5.56 Å². The first-order chi connectivity index (χ1) is 8.56. The smallest absolute Gasteiger partial charge is 0.478 e. The third kappa shape index (κ3) is 3.47. The van der Waals surface area contributed by atoms with Gasteiger partial charge in [-0.25, -0.2) is 11.2 Å². The third-order valence-electron chi connectivity index (χ3n) is 3.20. The number of fused-ring (bicyclic) bond motifs is 1. The second-order valence-corrected chi connectivity index (χ2v) is 4.10. The number of carboxylic acid groups (broad SMARTS) is 1. The van der Waals surface area contributed by atoms with Gasteiger partial charge < -0.3 is 12.0 Å². The van der Waals surface area contributed by atoms with E-state index in [4.69, 9.17) is 5.11 Å². The number of allylic oxidation sites excluding steroid dienone is 2. The molecule has 0 fully saturated rings. The first kappa shape index (κ1) is 18.4. The summed E-state index contributed by atoms with van der Waals surface area (Å²) >= 11 is 0. The first-order valence-corrected chi connectivity index (χ1v) is 6.25. The summed E-state index contributed by atoms with van der Waals surface area (Å²) in [4.78, 5) is 11.1. The maximum absolute atomic E-state index is 11.1. The van der Waals surface area contributed by atoms with E-state index in [0.29, 0.717) is 12.0 Å². The number of hydrogen-bond acceptors (Lipinski definition) is 1. The average molecular weight is 482 g/mol. The van der Waals surface area contributed by atoms with Crippen molar-refractivity contribution in [3.8, 4) is 0 Å². The number of carboxylic acids is 1. The van der Waals surface area contributed by atoms with Gasteiger partial charge in [-0.1, -0.05) is 43.5 Å². The van der Waals surface area contributed by atoms with Crippen LogP contribution in [-0.4, -0.2) is 11.1 Å². The number of benzene rings is 1. The normalized spacial score (nSPS) is 12.2. The van der Waals surface area contributed by atoms with E-state index in [1.165, 1.54) is 0 Å². The molecule has 3 heteroatoms. The predicted molar refractivity (Wildman–Crippen MR) is 75.4 cm³/mol. The van der Waals surface area contributed by atoms with Crippen LogP contribution in [0.2, 0.25) is 0 Å². The molecule has 0 spiro atoms.